The summed E-state index contributed by atoms with van der Waals surface area (Å²) in [7, 11) is 0. The highest BCUT2D eigenvalue weighted by Crippen LogP contribution is 2.35. The molecule has 0 aliphatic carbocycles. The largest absolute Gasteiger partial charge is 0.507 e. The van der Waals surface area contributed by atoms with Gasteiger partial charge < -0.3 is 21.1 Å². The highest BCUT2D eigenvalue weighted by molar-refractivity contribution is 6.05. The van der Waals surface area contributed by atoms with E-state index in [1.165, 1.54) is 0 Å². The molecule has 4 aromatic rings. The number of phenols is 1. The van der Waals surface area contributed by atoms with Gasteiger partial charge in [-0.05, 0) is 67.4 Å². The first kappa shape index (κ1) is 26.6. The van der Waals surface area contributed by atoms with E-state index in [2.05, 4.69) is 27.0 Å². The number of benzene rings is 3. The van der Waals surface area contributed by atoms with Crippen LogP contribution in [0.1, 0.15) is 45.5 Å². The number of hydrogen-bond acceptors (Lipinski definition) is 6. The first-order valence-corrected chi connectivity index (χ1v) is 13.3. The third-order valence-electron chi connectivity index (χ3n) is 6.94. The van der Waals surface area contributed by atoms with E-state index in [1.54, 1.807) is 78.9 Å². The maximum absolute atomic E-state index is 13.0. The summed E-state index contributed by atoms with van der Waals surface area (Å²) in [6.45, 7) is 1.49. The SMILES string of the molecule is N#Cc1c(-c2cccc(C(=O)NCC3CCCCN3)c2)cc(-c2ccccc2O)nc1NC(=O)c1ccccc1. The lowest BCUT2D eigenvalue weighted by Crippen LogP contribution is -2.43. The van der Waals surface area contributed by atoms with Crippen molar-refractivity contribution in [2.24, 2.45) is 0 Å². The molecule has 8 heteroatoms. The molecule has 0 bridgehead atoms. The van der Waals surface area contributed by atoms with Gasteiger partial charge in [0.25, 0.3) is 11.8 Å². The van der Waals surface area contributed by atoms with E-state index < -0.39 is 5.91 Å². The highest BCUT2D eigenvalue weighted by Gasteiger charge is 2.20. The number of nitriles is 1. The van der Waals surface area contributed by atoms with Crippen LogP contribution in [0, 0.1) is 11.3 Å². The Balaban J connectivity index is 1.53. The molecular formula is C32H29N5O3. The monoisotopic (exact) mass is 531 g/mol. The molecule has 1 aromatic heterocycles. The van der Waals surface area contributed by atoms with Gasteiger partial charge in [0.05, 0.1) is 5.69 Å². The number of carbonyl (C=O) groups is 2. The zero-order chi connectivity index (χ0) is 27.9. The maximum Gasteiger partial charge on any atom is 0.256 e. The van der Waals surface area contributed by atoms with Crippen LogP contribution in [0.3, 0.4) is 0 Å². The Morgan fingerprint density at radius 1 is 0.925 bits per heavy atom. The summed E-state index contributed by atoms with van der Waals surface area (Å²) in [4.78, 5) is 30.6. The van der Waals surface area contributed by atoms with E-state index in [4.69, 9.17) is 0 Å². The van der Waals surface area contributed by atoms with Crippen LogP contribution >= 0.6 is 0 Å². The summed E-state index contributed by atoms with van der Waals surface area (Å²) in [6.07, 6.45) is 3.32. The normalized spacial score (nSPS) is 14.6. The van der Waals surface area contributed by atoms with Crippen LogP contribution in [0.5, 0.6) is 5.75 Å². The molecule has 3 aromatic carbocycles. The van der Waals surface area contributed by atoms with Crippen LogP contribution < -0.4 is 16.0 Å². The zero-order valence-corrected chi connectivity index (χ0v) is 21.9. The van der Waals surface area contributed by atoms with Crippen LogP contribution in [0.25, 0.3) is 22.4 Å². The summed E-state index contributed by atoms with van der Waals surface area (Å²) in [6, 6.07) is 26.5. The van der Waals surface area contributed by atoms with Crippen LogP contribution in [0.2, 0.25) is 0 Å². The molecule has 1 aliphatic heterocycles. The van der Waals surface area contributed by atoms with Gasteiger partial charge in [0, 0.05) is 34.8 Å². The first-order valence-electron chi connectivity index (χ1n) is 13.3. The van der Waals surface area contributed by atoms with Crippen molar-refractivity contribution in [1.82, 2.24) is 15.6 Å². The molecule has 40 heavy (non-hydrogen) atoms. The van der Waals surface area contributed by atoms with E-state index in [0.29, 0.717) is 40.1 Å². The number of anilines is 1. The quantitative estimate of drug-likeness (QED) is 0.262. The number of nitrogens with zero attached hydrogens (tertiary/aromatic N) is 2. The van der Waals surface area contributed by atoms with Crippen molar-refractivity contribution in [3.63, 3.8) is 0 Å². The van der Waals surface area contributed by atoms with Crippen molar-refractivity contribution in [3.05, 3.63) is 102 Å². The lowest BCUT2D eigenvalue weighted by molar-refractivity contribution is 0.0947. The van der Waals surface area contributed by atoms with E-state index in [9.17, 15) is 20.0 Å². The molecule has 1 unspecified atom stereocenters. The molecule has 1 saturated heterocycles. The zero-order valence-electron chi connectivity index (χ0n) is 21.9. The molecule has 8 nitrogen and oxygen atoms in total. The molecule has 5 rings (SSSR count). The van der Waals surface area contributed by atoms with Gasteiger partial charge in [0.2, 0.25) is 0 Å². The van der Waals surface area contributed by atoms with Crippen molar-refractivity contribution >= 4 is 17.6 Å². The highest BCUT2D eigenvalue weighted by atomic mass is 16.3. The Bertz CT molecular complexity index is 1570. The Labute approximate surface area is 232 Å². The van der Waals surface area contributed by atoms with E-state index in [0.717, 1.165) is 25.8 Å². The van der Waals surface area contributed by atoms with Crippen LogP contribution in [0.15, 0.2) is 84.9 Å². The van der Waals surface area contributed by atoms with Crippen molar-refractivity contribution in [1.29, 1.82) is 5.26 Å². The summed E-state index contributed by atoms with van der Waals surface area (Å²) in [5, 5.41) is 29.9. The summed E-state index contributed by atoms with van der Waals surface area (Å²) >= 11 is 0. The molecule has 0 radical (unpaired) electrons. The van der Waals surface area contributed by atoms with Gasteiger partial charge in [-0.25, -0.2) is 4.98 Å². The van der Waals surface area contributed by atoms with E-state index in [-0.39, 0.29) is 29.1 Å². The number of piperidine rings is 1. The average molecular weight is 532 g/mol. The maximum atomic E-state index is 13.0. The number of aromatic nitrogens is 1. The van der Waals surface area contributed by atoms with E-state index >= 15 is 0 Å². The molecule has 2 heterocycles. The fourth-order valence-electron chi connectivity index (χ4n) is 4.82. The molecule has 0 saturated carbocycles. The predicted octanol–water partition coefficient (Wildman–Crippen LogP) is 5.12. The lowest BCUT2D eigenvalue weighted by Gasteiger charge is -2.23. The molecule has 1 fully saturated rings. The molecular weight excluding hydrogens is 502 g/mol. The Morgan fingerprint density at radius 2 is 1.70 bits per heavy atom. The molecule has 1 atom stereocenters. The number of nitrogens with one attached hydrogen (secondary N) is 3. The minimum absolute atomic E-state index is 0.00967. The van der Waals surface area contributed by atoms with Crippen LogP contribution in [-0.2, 0) is 0 Å². The summed E-state index contributed by atoms with van der Waals surface area (Å²) < 4.78 is 0. The minimum atomic E-state index is -0.422. The number of aromatic hydroxyl groups is 1. The Morgan fingerprint density at radius 3 is 2.45 bits per heavy atom. The second-order valence-electron chi connectivity index (χ2n) is 9.67. The number of para-hydroxylation sites is 1. The Hall–Kier alpha value is -5.00. The first-order chi connectivity index (χ1) is 19.5. The third kappa shape index (κ3) is 6.01. The predicted molar refractivity (Wildman–Crippen MR) is 154 cm³/mol. The fraction of sp³-hybridized carbons (Fsp3) is 0.188. The topological polar surface area (TPSA) is 127 Å². The number of rotatable bonds is 7. The van der Waals surface area contributed by atoms with Gasteiger partial charge in [-0.2, -0.15) is 5.26 Å². The summed E-state index contributed by atoms with van der Waals surface area (Å²) in [5.74, 6) is -0.560. The van der Waals surface area contributed by atoms with Gasteiger partial charge >= 0.3 is 0 Å². The number of pyridine rings is 1. The molecule has 0 spiro atoms. The molecule has 200 valence electrons. The van der Waals surface area contributed by atoms with Gasteiger partial charge in [-0.15, -0.1) is 0 Å². The van der Waals surface area contributed by atoms with Gasteiger partial charge in [0.1, 0.15) is 17.4 Å². The van der Waals surface area contributed by atoms with E-state index in [1.807, 2.05) is 6.07 Å². The number of amides is 2. The standard InChI is InChI=1S/C32H29N5O3/c33-19-27-26(22-11-8-12-23(17-22)31(39)35-20-24-13-6-7-16-34-24)18-28(25-14-4-5-15-29(25)38)36-30(27)37-32(40)21-9-2-1-3-10-21/h1-5,8-12,14-15,17-18,24,34,38H,6-7,13,16,20H2,(H,35,39)(H,36,37,40). The van der Waals surface area contributed by atoms with Gasteiger partial charge in [-0.3, -0.25) is 9.59 Å². The van der Waals surface area contributed by atoms with Gasteiger partial charge in [-0.1, -0.05) is 48.9 Å². The average Bonchev–Trinajstić information content (AvgIpc) is 3.00. The number of hydrogen-bond donors (Lipinski definition) is 4. The molecule has 4 N–H and O–H groups in total. The van der Waals surface area contributed by atoms with Gasteiger partial charge in [0.15, 0.2) is 5.82 Å². The number of carbonyl (C=O) groups excluding carboxylic acids is 2. The van der Waals surface area contributed by atoms with Crippen LogP contribution in [-0.4, -0.2) is 41.0 Å². The number of phenolic OH excluding ortho intramolecular Hbond substituents is 1. The smallest absolute Gasteiger partial charge is 0.256 e. The van der Waals surface area contributed by atoms with Crippen molar-refractivity contribution in [2.45, 2.75) is 25.3 Å². The Kier molecular flexibility index (Phi) is 8.14. The second-order valence-corrected chi connectivity index (χ2v) is 9.67. The molecule has 1 aliphatic rings. The fourth-order valence-corrected chi connectivity index (χ4v) is 4.82. The van der Waals surface area contributed by atoms with Crippen LogP contribution in [0.4, 0.5) is 5.82 Å². The summed E-state index contributed by atoms with van der Waals surface area (Å²) in [5.41, 5.74) is 2.90. The third-order valence-corrected chi connectivity index (χ3v) is 6.94. The minimum Gasteiger partial charge on any atom is -0.507 e. The van der Waals surface area contributed by atoms with Crippen molar-refractivity contribution in [2.75, 3.05) is 18.4 Å². The van der Waals surface area contributed by atoms with Crippen molar-refractivity contribution < 1.29 is 14.7 Å². The lowest BCUT2D eigenvalue weighted by atomic mass is 9.96. The second kappa shape index (κ2) is 12.2. The molecule has 2 amide bonds. The van der Waals surface area contributed by atoms with Crippen molar-refractivity contribution in [3.8, 4) is 34.2 Å².